The van der Waals surface area contributed by atoms with Crippen LogP contribution in [0.5, 0.6) is 5.75 Å². The number of hydrogen-bond acceptors (Lipinski definition) is 3. The van der Waals surface area contributed by atoms with Crippen molar-refractivity contribution >= 4 is 11.8 Å². The minimum absolute atomic E-state index is 0.347. The molecule has 0 amide bonds. The van der Waals surface area contributed by atoms with E-state index in [1.807, 2.05) is 23.9 Å². The molecule has 0 spiro atoms. The Bertz CT molecular complexity index is 379. The fourth-order valence-corrected chi connectivity index (χ4v) is 4.19. The first-order chi connectivity index (χ1) is 9.22. The highest BCUT2D eigenvalue weighted by Gasteiger charge is 2.28. The summed E-state index contributed by atoms with van der Waals surface area (Å²) in [5.41, 5.74) is 6.30. The third kappa shape index (κ3) is 4.15. The van der Waals surface area contributed by atoms with Crippen molar-refractivity contribution in [1.29, 1.82) is 0 Å². The van der Waals surface area contributed by atoms with Gasteiger partial charge in [-0.2, -0.15) is 0 Å². The van der Waals surface area contributed by atoms with Crippen LogP contribution in [-0.4, -0.2) is 18.4 Å². The molecule has 0 aliphatic heterocycles. The van der Waals surface area contributed by atoms with E-state index < -0.39 is 0 Å². The topological polar surface area (TPSA) is 35.2 Å². The molecule has 3 unspecified atom stereocenters. The third-order valence-corrected chi connectivity index (χ3v) is 5.38. The van der Waals surface area contributed by atoms with Gasteiger partial charge in [-0.15, -0.1) is 11.8 Å². The summed E-state index contributed by atoms with van der Waals surface area (Å²) in [6.07, 6.45) is 6.41. The molecule has 0 saturated heterocycles. The Kier molecular flexibility index (Phi) is 5.59. The summed E-state index contributed by atoms with van der Waals surface area (Å²) < 4.78 is 5.20. The van der Waals surface area contributed by atoms with E-state index in [-0.39, 0.29) is 0 Å². The van der Waals surface area contributed by atoms with E-state index in [1.54, 1.807) is 7.11 Å². The van der Waals surface area contributed by atoms with Crippen molar-refractivity contribution in [3.8, 4) is 5.75 Å². The Morgan fingerprint density at radius 2 is 2.00 bits per heavy atom. The maximum Gasteiger partial charge on any atom is 0.118 e. The number of benzene rings is 1. The molecule has 1 fully saturated rings. The molecular formula is C16H25NOS. The highest BCUT2D eigenvalue weighted by atomic mass is 32.2. The molecule has 106 valence electrons. The predicted octanol–water partition coefficient (Wildman–Crippen LogP) is 4.08. The molecule has 3 heteroatoms. The Labute approximate surface area is 121 Å². The maximum atomic E-state index is 6.30. The molecule has 1 saturated carbocycles. The molecule has 0 aromatic heterocycles. The van der Waals surface area contributed by atoms with Gasteiger partial charge in [0.1, 0.15) is 5.75 Å². The zero-order valence-electron chi connectivity index (χ0n) is 12.0. The molecule has 2 N–H and O–H groups in total. The lowest BCUT2D eigenvalue weighted by Crippen LogP contribution is -2.38. The summed E-state index contributed by atoms with van der Waals surface area (Å²) in [5, 5.41) is 0.568. The van der Waals surface area contributed by atoms with Crippen LogP contribution in [-0.2, 0) is 0 Å². The first-order valence-corrected chi connectivity index (χ1v) is 8.17. The van der Waals surface area contributed by atoms with Gasteiger partial charge in [0.15, 0.2) is 0 Å². The molecule has 2 nitrogen and oxygen atoms in total. The second kappa shape index (κ2) is 7.20. The maximum absolute atomic E-state index is 6.30. The van der Waals surface area contributed by atoms with E-state index in [4.69, 9.17) is 10.5 Å². The lowest BCUT2D eigenvalue weighted by molar-refractivity contribution is 0.317. The van der Waals surface area contributed by atoms with Gasteiger partial charge in [0, 0.05) is 16.2 Å². The molecule has 0 radical (unpaired) electrons. The van der Waals surface area contributed by atoms with Crippen LogP contribution in [0.2, 0.25) is 0 Å². The summed E-state index contributed by atoms with van der Waals surface area (Å²) in [6.45, 7) is 2.28. The first-order valence-electron chi connectivity index (χ1n) is 7.29. The van der Waals surface area contributed by atoms with Gasteiger partial charge in [0.05, 0.1) is 7.11 Å². The fraction of sp³-hybridized carbons (Fsp3) is 0.625. The summed E-state index contributed by atoms with van der Waals surface area (Å²) in [6, 6.07) is 8.68. The van der Waals surface area contributed by atoms with E-state index in [9.17, 15) is 0 Å². The van der Waals surface area contributed by atoms with Crippen molar-refractivity contribution in [1.82, 2.24) is 0 Å². The Morgan fingerprint density at radius 1 is 1.26 bits per heavy atom. The lowest BCUT2D eigenvalue weighted by atomic mass is 9.83. The molecule has 1 aliphatic carbocycles. The number of thioether (sulfide) groups is 1. The van der Waals surface area contributed by atoms with Crippen LogP contribution < -0.4 is 10.5 Å². The van der Waals surface area contributed by atoms with Crippen molar-refractivity contribution in [2.24, 2.45) is 11.7 Å². The number of hydrogen-bond donors (Lipinski definition) is 1. The summed E-state index contributed by atoms with van der Waals surface area (Å²) in [7, 11) is 1.70. The van der Waals surface area contributed by atoms with Crippen LogP contribution >= 0.6 is 11.8 Å². The van der Waals surface area contributed by atoms with Crippen LogP contribution in [0.15, 0.2) is 29.2 Å². The zero-order chi connectivity index (χ0) is 13.7. The average Bonchev–Trinajstić information content (AvgIpc) is 2.44. The van der Waals surface area contributed by atoms with Crippen molar-refractivity contribution < 1.29 is 4.74 Å². The minimum atomic E-state index is 0.347. The van der Waals surface area contributed by atoms with E-state index in [2.05, 4.69) is 19.1 Å². The van der Waals surface area contributed by atoms with Gasteiger partial charge in [-0.05, 0) is 49.4 Å². The molecule has 1 aromatic rings. The number of ether oxygens (including phenoxy) is 1. The van der Waals surface area contributed by atoms with Crippen LogP contribution in [0.25, 0.3) is 0 Å². The quantitative estimate of drug-likeness (QED) is 0.882. The third-order valence-electron chi connectivity index (χ3n) is 4.00. The van der Waals surface area contributed by atoms with Crippen molar-refractivity contribution in [3.05, 3.63) is 24.3 Å². The number of methoxy groups -OCH3 is 1. The van der Waals surface area contributed by atoms with E-state index >= 15 is 0 Å². The molecule has 1 aliphatic rings. The van der Waals surface area contributed by atoms with Gasteiger partial charge in [-0.3, -0.25) is 0 Å². The monoisotopic (exact) mass is 279 g/mol. The smallest absolute Gasteiger partial charge is 0.118 e. The lowest BCUT2D eigenvalue weighted by Gasteiger charge is -2.33. The van der Waals surface area contributed by atoms with Crippen LogP contribution in [0, 0.1) is 5.92 Å². The van der Waals surface area contributed by atoms with E-state index in [0.717, 1.165) is 11.7 Å². The number of rotatable bonds is 5. The van der Waals surface area contributed by atoms with Gasteiger partial charge < -0.3 is 10.5 Å². The molecule has 1 aromatic carbocycles. The minimum Gasteiger partial charge on any atom is -0.497 e. The predicted molar refractivity (Wildman–Crippen MR) is 82.9 cm³/mol. The van der Waals surface area contributed by atoms with Gasteiger partial charge in [-0.25, -0.2) is 0 Å². The molecule has 0 heterocycles. The Morgan fingerprint density at radius 3 is 2.63 bits per heavy atom. The van der Waals surface area contributed by atoms with E-state index in [0.29, 0.717) is 11.3 Å². The van der Waals surface area contributed by atoms with Crippen molar-refractivity contribution in [3.63, 3.8) is 0 Å². The van der Waals surface area contributed by atoms with Gasteiger partial charge >= 0.3 is 0 Å². The van der Waals surface area contributed by atoms with Crippen LogP contribution in [0.1, 0.15) is 39.0 Å². The highest BCUT2D eigenvalue weighted by molar-refractivity contribution is 8.00. The average molecular weight is 279 g/mol. The van der Waals surface area contributed by atoms with Crippen LogP contribution in [0.3, 0.4) is 0 Å². The van der Waals surface area contributed by atoms with Gasteiger partial charge in [0.25, 0.3) is 0 Å². The largest absolute Gasteiger partial charge is 0.497 e. The molecule has 3 atom stereocenters. The molecule has 0 bridgehead atoms. The second-order valence-electron chi connectivity index (χ2n) is 5.46. The summed E-state index contributed by atoms with van der Waals surface area (Å²) in [4.78, 5) is 1.30. The number of nitrogens with two attached hydrogens (primary N) is 1. The molecule has 2 rings (SSSR count). The molecular weight excluding hydrogens is 254 g/mol. The molecule has 19 heavy (non-hydrogen) atoms. The fourth-order valence-electron chi connectivity index (χ4n) is 2.87. The van der Waals surface area contributed by atoms with Crippen molar-refractivity contribution in [2.45, 2.75) is 55.2 Å². The highest BCUT2D eigenvalue weighted by Crippen LogP contribution is 2.37. The SMILES string of the molecule is CCCC1CCC(N)C(Sc2ccc(OC)cc2)C1. The van der Waals surface area contributed by atoms with Gasteiger partial charge in [0.2, 0.25) is 0 Å². The van der Waals surface area contributed by atoms with Gasteiger partial charge in [-0.1, -0.05) is 19.8 Å². The Hall–Kier alpha value is -0.670. The Balaban J connectivity index is 1.95. The van der Waals surface area contributed by atoms with E-state index in [1.165, 1.54) is 37.0 Å². The summed E-state index contributed by atoms with van der Waals surface area (Å²) in [5.74, 6) is 1.79. The summed E-state index contributed by atoms with van der Waals surface area (Å²) >= 11 is 1.94. The second-order valence-corrected chi connectivity index (χ2v) is 6.78. The zero-order valence-corrected chi connectivity index (χ0v) is 12.8. The first kappa shape index (κ1) is 14.7. The van der Waals surface area contributed by atoms with Crippen molar-refractivity contribution in [2.75, 3.05) is 7.11 Å². The standard InChI is InChI=1S/C16H25NOS/c1-3-4-12-5-10-15(17)16(11-12)19-14-8-6-13(18-2)7-9-14/h6-9,12,15-16H,3-5,10-11,17H2,1-2H3. The normalized spacial score (nSPS) is 27.2. The van der Waals surface area contributed by atoms with Crippen LogP contribution in [0.4, 0.5) is 0 Å².